The molecule has 0 atom stereocenters. The van der Waals surface area contributed by atoms with E-state index in [-0.39, 0.29) is 5.91 Å². The van der Waals surface area contributed by atoms with E-state index in [4.69, 9.17) is 14.2 Å². The van der Waals surface area contributed by atoms with Crippen molar-refractivity contribution in [3.05, 3.63) is 45.4 Å². The van der Waals surface area contributed by atoms with Crippen molar-refractivity contribution in [2.24, 2.45) is 0 Å². The lowest BCUT2D eigenvalue weighted by atomic mass is 10.1. The minimum Gasteiger partial charge on any atom is -0.493 e. The van der Waals surface area contributed by atoms with Crippen molar-refractivity contribution in [2.75, 3.05) is 26.6 Å². The maximum Gasteiger partial charge on any atom is 0.257 e. The van der Waals surface area contributed by atoms with Gasteiger partial charge in [0.25, 0.3) is 5.91 Å². The van der Waals surface area contributed by atoms with Gasteiger partial charge in [0, 0.05) is 5.69 Å². The van der Waals surface area contributed by atoms with Crippen LogP contribution in [0.25, 0.3) is 0 Å². The number of nitrogens with one attached hydrogen (secondary N) is 1. The van der Waals surface area contributed by atoms with Crippen LogP contribution in [0.3, 0.4) is 0 Å². The van der Waals surface area contributed by atoms with Gasteiger partial charge in [0.15, 0.2) is 11.5 Å². The van der Waals surface area contributed by atoms with Crippen molar-refractivity contribution < 1.29 is 19.0 Å². The van der Waals surface area contributed by atoms with Crippen LogP contribution in [0.4, 0.5) is 5.69 Å². The summed E-state index contributed by atoms with van der Waals surface area (Å²) in [6, 6.07) is 7.38. The van der Waals surface area contributed by atoms with Crippen LogP contribution >= 0.6 is 15.9 Å². The largest absolute Gasteiger partial charge is 0.493 e. The smallest absolute Gasteiger partial charge is 0.257 e. The second-order valence-electron chi connectivity index (χ2n) is 5.26. The van der Waals surface area contributed by atoms with E-state index in [0.717, 1.165) is 11.3 Å². The van der Waals surface area contributed by atoms with Crippen LogP contribution in [0, 0.1) is 13.8 Å². The Morgan fingerprint density at radius 1 is 0.958 bits per heavy atom. The van der Waals surface area contributed by atoms with Gasteiger partial charge in [-0.1, -0.05) is 6.07 Å². The fourth-order valence-corrected chi connectivity index (χ4v) is 2.94. The Kier molecular flexibility index (Phi) is 5.72. The highest BCUT2D eigenvalue weighted by molar-refractivity contribution is 9.10. The first-order valence-electron chi connectivity index (χ1n) is 7.30. The summed E-state index contributed by atoms with van der Waals surface area (Å²) in [4.78, 5) is 12.7. The molecule has 0 bridgehead atoms. The molecule has 6 heteroatoms. The molecule has 0 heterocycles. The highest BCUT2D eigenvalue weighted by atomic mass is 79.9. The summed E-state index contributed by atoms with van der Waals surface area (Å²) in [5.74, 6) is 0.976. The number of rotatable bonds is 5. The number of halogens is 1. The molecule has 0 saturated carbocycles. The predicted molar refractivity (Wildman–Crippen MR) is 97.7 cm³/mol. The predicted octanol–water partition coefficient (Wildman–Crippen LogP) is 4.34. The number of amides is 1. The van der Waals surface area contributed by atoms with E-state index in [1.807, 2.05) is 32.0 Å². The molecule has 0 spiro atoms. The first-order valence-corrected chi connectivity index (χ1v) is 8.09. The van der Waals surface area contributed by atoms with Gasteiger partial charge in [-0.2, -0.15) is 0 Å². The zero-order valence-corrected chi connectivity index (χ0v) is 15.9. The summed E-state index contributed by atoms with van der Waals surface area (Å²) in [5.41, 5.74) is 3.39. The average Bonchev–Trinajstić information content (AvgIpc) is 2.57. The fourth-order valence-electron chi connectivity index (χ4n) is 2.30. The van der Waals surface area contributed by atoms with Crippen LogP contribution < -0.4 is 19.5 Å². The molecule has 0 aromatic heterocycles. The first kappa shape index (κ1) is 18.1. The molecule has 0 aliphatic heterocycles. The fraction of sp³-hybridized carbons (Fsp3) is 0.278. The van der Waals surface area contributed by atoms with Crippen LogP contribution in [0.5, 0.6) is 17.2 Å². The average molecular weight is 394 g/mol. The van der Waals surface area contributed by atoms with Crippen LogP contribution in [-0.2, 0) is 0 Å². The van der Waals surface area contributed by atoms with Gasteiger partial charge in [-0.05, 0) is 59.1 Å². The number of hydrogen-bond acceptors (Lipinski definition) is 4. The van der Waals surface area contributed by atoms with E-state index in [1.165, 1.54) is 26.9 Å². The van der Waals surface area contributed by atoms with Crippen molar-refractivity contribution in [2.45, 2.75) is 13.8 Å². The number of aryl methyl sites for hydroxylation is 2. The molecule has 24 heavy (non-hydrogen) atoms. The van der Waals surface area contributed by atoms with E-state index in [9.17, 15) is 4.79 Å². The Balaban J connectivity index is 2.43. The molecular formula is C18H20BrNO4. The molecule has 1 amide bonds. The van der Waals surface area contributed by atoms with Gasteiger partial charge in [0.1, 0.15) is 0 Å². The van der Waals surface area contributed by atoms with Gasteiger partial charge in [0.05, 0.1) is 31.4 Å². The van der Waals surface area contributed by atoms with Crippen molar-refractivity contribution in [1.29, 1.82) is 0 Å². The second kappa shape index (κ2) is 7.57. The topological polar surface area (TPSA) is 56.8 Å². The third kappa shape index (κ3) is 3.48. The standard InChI is InChI=1S/C18H20BrNO4/c1-10-6-7-12(8-11(10)2)20-18(21)13-9-14(22-3)16(23-4)17(24-5)15(13)19/h6-9H,1-5H3,(H,20,21). The van der Waals surface area contributed by atoms with Gasteiger partial charge in [-0.15, -0.1) is 0 Å². The molecule has 0 saturated heterocycles. The SMILES string of the molecule is COc1cc(C(=O)Nc2ccc(C)c(C)c2)c(Br)c(OC)c1OC. The van der Waals surface area contributed by atoms with Crippen molar-refractivity contribution in [1.82, 2.24) is 0 Å². The number of carbonyl (C=O) groups excluding carboxylic acids is 1. The third-order valence-corrected chi connectivity index (χ3v) is 4.57. The summed E-state index contributed by atoms with van der Waals surface area (Å²) in [5, 5.41) is 2.89. The first-order chi connectivity index (χ1) is 11.4. The zero-order valence-electron chi connectivity index (χ0n) is 14.3. The lowest BCUT2D eigenvalue weighted by Crippen LogP contribution is -2.14. The van der Waals surface area contributed by atoms with E-state index in [1.54, 1.807) is 6.07 Å². The lowest BCUT2D eigenvalue weighted by Gasteiger charge is -2.16. The van der Waals surface area contributed by atoms with Crippen molar-refractivity contribution in [3.63, 3.8) is 0 Å². The Morgan fingerprint density at radius 2 is 1.62 bits per heavy atom. The maximum absolute atomic E-state index is 12.7. The van der Waals surface area contributed by atoms with Crippen LogP contribution in [0.15, 0.2) is 28.7 Å². The summed E-state index contributed by atoms with van der Waals surface area (Å²) < 4.78 is 16.5. The molecule has 0 unspecified atom stereocenters. The molecule has 0 aliphatic rings. The molecule has 2 aromatic carbocycles. The van der Waals surface area contributed by atoms with Gasteiger partial charge in [0.2, 0.25) is 5.75 Å². The number of ether oxygens (including phenoxy) is 3. The minimum atomic E-state index is -0.274. The molecule has 5 nitrogen and oxygen atoms in total. The van der Waals surface area contributed by atoms with Gasteiger partial charge < -0.3 is 19.5 Å². The lowest BCUT2D eigenvalue weighted by molar-refractivity contribution is 0.102. The Hall–Kier alpha value is -2.21. The van der Waals surface area contributed by atoms with Crippen LogP contribution in [-0.4, -0.2) is 27.2 Å². The van der Waals surface area contributed by atoms with E-state index >= 15 is 0 Å². The molecule has 2 aromatic rings. The van der Waals surface area contributed by atoms with E-state index < -0.39 is 0 Å². The summed E-state index contributed by atoms with van der Waals surface area (Å²) in [6.45, 7) is 4.02. The molecule has 0 aliphatic carbocycles. The number of methoxy groups -OCH3 is 3. The van der Waals surface area contributed by atoms with Crippen molar-refractivity contribution in [3.8, 4) is 17.2 Å². The molecule has 2 rings (SSSR count). The quantitative estimate of drug-likeness (QED) is 0.820. The monoisotopic (exact) mass is 393 g/mol. The highest BCUT2D eigenvalue weighted by Gasteiger charge is 2.23. The summed E-state index contributed by atoms with van der Waals surface area (Å²) in [7, 11) is 4.53. The second-order valence-corrected chi connectivity index (χ2v) is 6.05. The highest BCUT2D eigenvalue weighted by Crippen LogP contribution is 2.44. The Morgan fingerprint density at radius 3 is 2.17 bits per heavy atom. The summed E-state index contributed by atoms with van der Waals surface area (Å²) >= 11 is 3.42. The normalized spacial score (nSPS) is 10.2. The number of benzene rings is 2. The van der Waals surface area contributed by atoms with Gasteiger partial charge in [-0.25, -0.2) is 0 Å². The molecular weight excluding hydrogens is 374 g/mol. The van der Waals surface area contributed by atoms with E-state index in [2.05, 4.69) is 21.2 Å². The Bertz CT molecular complexity index is 774. The molecule has 0 fully saturated rings. The number of anilines is 1. The molecule has 128 valence electrons. The molecule has 1 N–H and O–H groups in total. The van der Waals surface area contributed by atoms with Gasteiger partial charge in [-0.3, -0.25) is 4.79 Å². The van der Waals surface area contributed by atoms with Crippen LogP contribution in [0.1, 0.15) is 21.5 Å². The number of carbonyl (C=O) groups is 1. The van der Waals surface area contributed by atoms with Gasteiger partial charge >= 0.3 is 0 Å². The maximum atomic E-state index is 12.7. The minimum absolute atomic E-state index is 0.274. The molecule has 0 radical (unpaired) electrons. The summed E-state index contributed by atoms with van der Waals surface area (Å²) in [6.07, 6.45) is 0. The van der Waals surface area contributed by atoms with E-state index in [0.29, 0.717) is 27.3 Å². The number of hydrogen-bond donors (Lipinski definition) is 1. The zero-order chi connectivity index (χ0) is 17.9. The Labute approximate surface area is 150 Å². The van der Waals surface area contributed by atoms with Crippen LogP contribution in [0.2, 0.25) is 0 Å². The third-order valence-electron chi connectivity index (χ3n) is 3.78. The van der Waals surface area contributed by atoms with Crippen molar-refractivity contribution >= 4 is 27.5 Å².